The molecule has 38 valence electrons. The summed E-state index contributed by atoms with van der Waals surface area (Å²) in [5, 5.41) is 0. The van der Waals surface area contributed by atoms with Crippen molar-refractivity contribution in [3.05, 3.63) is 0 Å². The molecule has 0 aromatic heterocycles. The minimum atomic E-state index is -4.02. The van der Waals surface area contributed by atoms with Crippen molar-refractivity contribution in [2.45, 2.75) is 0 Å². The van der Waals surface area contributed by atoms with Gasteiger partial charge in [0.1, 0.15) is 0 Å². The lowest BCUT2D eigenvalue weighted by molar-refractivity contribution is 0.440. The highest BCUT2D eigenvalue weighted by atomic mass is 35.5. The quantitative estimate of drug-likeness (QED) is 0.505. The smallest absolute Gasteiger partial charge is 0.278 e. The molecular weight excluding hydrogens is 130 g/mol. The standard InChI is InChI=1S/ClH2NO3S/c1-2-6(3,4)5/h(H2,2,3,4,5). The van der Waals surface area contributed by atoms with Crippen molar-refractivity contribution >= 4 is 22.1 Å². The highest BCUT2D eigenvalue weighted by Gasteiger charge is 1.85. The van der Waals surface area contributed by atoms with Crippen molar-refractivity contribution in [1.29, 1.82) is 0 Å². The Hall–Kier alpha value is 0.160. The van der Waals surface area contributed by atoms with E-state index in [0.717, 1.165) is 0 Å². The van der Waals surface area contributed by atoms with E-state index in [1.807, 2.05) is 0 Å². The minimum absolute atomic E-state index is 2.13. The normalized spacial score (nSPS) is 11.2. The van der Waals surface area contributed by atoms with Gasteiger partial charge in [0, 0.05) is 0 Å². The zero-order valence-electron chi connectivity index (χ0n) is 2.54. The van der Waals surface area contributed by atoms with E-state index >= 15 is 0 Å². The lowest BCUT2D eigenvalue weighted by atomic mass is 13.9. The van der Waals surface area contributed by atoms with Crippen LogP contribution < -0.4 is 0 Å². The molecule has 0 aliphatic rings. The van der Waals surface area contributed by atoms with Crippen molar-refractivity contribution < 1.29 is 13.3 Å². The molecule has 6 heteroatoms. The summed E-state index contributed by atoms with van der Waals surface area (Å²) in [5.74, 6) is 0. The Labute approximate surface area is 40.1 Å². The number of rotatable bonds is 0. The molecule has 0 aliphatic carbocycles. The Morgan fingerprint density at radius 3 is 1.83 bits per heavy atom. The fraction of sp³-hybridized carbons (Fsp3) is 0. The minimum Gasteiger partial charge on any atom is -0.278 e. The van der Waals surface area contributed by atoms with Gasteiger partial charge in [0.05, 0.1) is 11.8 Å². The monoisotopic (exact) mass is 131 g/mol. The molecule has 0 spiro atoms. The van der Waals surface area contributed by atoms with E-state index in [9.17, 15) is 4.21 Å². The number of halogens is 1. The van der Waals surface area contributed by atoms with Crippen molar-refractivity contribution in [1.82, 2.24) is 0 Å². The van der Waals surface area contributed by atoms with Gasteiger partial charge in [-0.2, -0.15) is 4.21 Å². The molecule has 0 rings (SSSR count). The SMILES string of the molecule is O=S(O)(O)=NCl. The third-order valence-corrected chi connectivity index (χ3v) is 0.809. The molecule has 0 amide bonds. The first-order valence-corrected chi connectivity index (χ1v) is 2.65. The average molecular weight is 132 g/mol. The molecule has 0 saturated carbocycles. The zero-order chi connectivity index (χ0) is 5.21. The summed E-state index contributed by atoms with van der Waals surface area (Å²) in [6, 6.07) is 0. The van der Waals surface area contributed by atoms with Crippen LogP contribution in [0, 0.1) is 0 Å². The van der Waals surface area contributed by atoms with Crippen LogP contribution in [-0.2, 0) is 10.3 Å². The van der Waals surface area contributed by atoms with Crippen LogP contribution in [0.3, 0.4) is 0 Å². The molecule has 0 aromatic carbocycles. The van der Waals surface area contributed by atoms with Crippen LogP contribution >= 0.6 is 11.8 Å². The van der Waals surface area contributed by atoms with E-state index in [2.05, 4.69) is 15.7 Å². The highest BCUT2D eigenvalue weighted by Crippen LogP contribution is 1.83. The summed E-state index contributed by atoms with van der Waals surface area (Å²) < 4.78 is 26.7. The van der Waals surface area contributed by atoms with E-state index in [-0.39, 0.29) is 0 Å². The Balaban J connectivity index is 4.24. The van der Waals surface area contributed by atoms with Crippen molar-refractivity contribution in [2.24, 2.45) is 3.88 Å². The van der Waals surface area contributed by atoms with E-state index in [1.54, 1.807) is 0 Å². The van der Waals surface area contributed by atoms with Gasteiger partial charge in [-0.15, -0.1) is 0 Å². The lowest BCUT2D eigenvalue weighted by Gasteiger charge is -1.78. The maximum atomic E-state index is 9.37. The molecule has 0 unspecified atom stereocenters. The van der Waals surface area contributed by atoms with Gasteiger partial charge >= 0.3 is 10.3 Å². The third-order valence-electron chi connectivity index (χ3n) is 0.0899. The molecule has 0 atom stereocenters. The fourth-order valence-corrected chi connectivity index (χ4v) is 0. The predicted molar refractivity (Wildman–Crippen MR) is 21.7 cm³/mol. The van der Waals surface area contributed by atoms with Crippen LogP contribution in [0.2, 0.25) is 0 Å². The second kappa shape index (κ2) is 1.74. The van der Waals surface area contributed by atoms with E-state index < -0.39 is 10.3 Å². The second-order valence-corrected chi connectivity index (χ2v) is 2.03. The molecule has 6 heavy (non-hydrogen) atoms. The van der Waals surface area contributed by atoms with Crippen molar-refractivity contribution in [3.63, 3.8) is 0 Å². The molecule has 0 heterocycles. The van der Waals surface area contributed by atoms with Crippen LogP contribution in [-0.4, -0.2) is 13.3 Å². The Morgan fingerprint density at radius 2 is 1.83 bits per heavy atom. The van der Waals surface area contributed by atoms with Gasteiger partial charge in [-0.05, 0) is 0 Å². The molecule has 0 aliphatic heterocycles. The Morgan fingerprint density at radius 1 is 1.67 bits per heavy atom. The highest BCUT2D eigenvalue weighted by molar-refractivity contribution is 7.82. The summed E-state index contributed by atoms with van der Waals surface area (Å²) >= 11 is 4.33. The van der Waals surface area contributed by atoms with Gasteiger partial charge in [0.15, 0.2) is 0 Å². The van der Waals surface area contributed by atoms with Crippen LogP contribution in [0.1, 0.15) is 0 Å². The maximum absolute atomic E-state index is 9.37. The average Bonchev–Trinajstić information content (AvgIpc) is 1.35. The van der Waals surface area contributed by atoms with Gasteiger partial charge in [0.25, 0.3) is 0 Å². The van der Waals surface area contributed by atoms with Gasteiger partial charge in [-0.1, -0.05) is 3.88 Å². The topological polar surface area (TPSA) is 69.9 Å². The van der Waals surface area contributed by atoms with Gasteiger partial charge in [-0.3, -0.25) is 9.11 Å². The third kappa shape index (κ3) is 4.16. The summed E-state index contributed by atoms with van der Waals surface area (Å²) in [7, 11) is -4.02. The summed E-state index contributed by atoms with van der Waals surface area (Å²) in [4.78, 5) is 0. The van der Waals surface area contributed by atoms with Crippen LogP contribution in [0.4, 0.5) is 0 Å². The molecule has 0 saturated heterocycles. The van der Waals surface area contributed by atoms with Crippen LogP contribution in [0.5, 0.6) is 0 Å². The van der Waals surface area contributed by atoms with Crippen molar-refractivity contribution in [2.75, 3.05) is 0 Å². The van der Waals surface area contributed by atoms with Crippen LogP contribution in [0.25, 0.3) is 0 Å². The molecule has 0 bridgehead atoms. The zero-order valence-corrected chi connectivity index (χ0v) is 4.11. The molecule has 2 N–H and O–H groups in total. The van der Waals surface area contributed by atoms with E-state index in [0.29, 0.717) is 0 Å². The largest absolute Gasteiger partial charge is 0.303 e. The molecule has 4 nitrogen and oxygen atoms in total. The lowest BCUT2D eigenvalue weighted by Crippen LogP contribution is -1.88. The molecule has 0 radical (unpaired) electrons. The number of nitrogens with zero attached hydrogens (tertiary/aromatic N) is 1. The summed E-state index contributed by atoms with van der Waals surface area (Å²) in [5.41, 5.74) is 0. The van der Waals surface area contributed by atoms with E-state index in [1.165, 1.54) is 0 Å². The van der Waals surface area contributed by atoms with Crippen LogP contribution in [0.15, 0.2) is 3.88 Å². The van der Waals surface area contributed by atoms with E-state index in [4.69, 9.17) is 9.11 Å². The maximum Gasteiger partial charge on any atom is 0.303 e. The van der Waals surface area contributed by atoms with Crippen molar-refractivity contribution in [3.8, 4) is 0 Å². The fourth-order valence-electron chi connectivity index (χ4n) is 0. The summed E-state index contributed by atoms with van der Waals surface area (Å²) in [6.07, 6.45) is 0. The first-order valence-electron chi connectivity index (χ1n) is 0.883. The number of hydrogen-bond donors (Lipinski definition) is 2. The van der Waals surface area contributed by atoms with Gasteiger partial charge < -0.3 is 0 Å². The molecular formula is H2ClNO3S. The molecule has 0 aromatic rings. The van der Waals surface area contributed by atoms with Gasteiger partial charge in [-0.25, -0.2) is 0 Å². The Kier molecular flexibility index (Phi) is 1.79. The van der Waals surface area contributed by atoms with Gasteiger partial charge in [0.2, 0.25) is 0 Å². The first kappa shape index (κ1) is 6.16. The number of hydrogen-bond acceptors (Lipinski definition) is 2. The summed E-state index contributed by atoms with van der Waals surface area (Å²) in [6.45, 7) is 0. The molecule has 0 fully saturated rings. The Bertz CT molecular complexity index is 124. The predicted octanol–water partition coefficient (Wildman–Crippen LogP) is 0.554. The second-order valence-electron chi connectivity index (χ2n) is 0.538. The first-order chi connectivity index (χ1) is 2.56.